The normalized spacial score (nSPS) is 17.6. The van der Waals surface area contributed by atoms with Crippen LogP contribution in [0.1, 0.15) is 24.0 Å². The first-order chi connectivity index (χ1) is 13.3. The third kappa shape index (κ3) is 5.11. The van der Waals surface area contributed by atoms with Crippen LogP contribution >= 0.6 is 0 Å². The second-order valence-corrected chi connectivity index (χ2v) is 6.77. The molecule has 150 valence electrons. The largest absolute Gasteiger partial charge is 0.416 e. The van der Waals surface area contributed by atoms with Gasteiger partial charge in [-0.25, -0.2) is 0 Å². The Morgan fingerprint density at radius 1 is 1.29 bits per heavy atom. The summed E-state index contributed by atoms with van der Waals surface area (Å²) in [6.07, 6.45) is -0.344. The fraction of sp³-hybridized carbons (Fsp3) is 0.421. The number of hydrogen-bond acceptors (Lipinski definition) is 3. The Morgan fingerprint density at radius 3 is 2.82 bits per heavy atom. The first-order valence-electron chi connectivity index (χ1n) is 9.02. The molecule has 6 nitrogen and oxygen atoms in total. The Bertz CT molecular complexity index is 821. The van der Waals surface area contributed by atoms with Gasteiger partial charge < -0.3 is 10.2 Å². The van der Waals surface area contributed by atoms with Crippen LogP contribution in [-0.4, -0.2) is 39.6 Å². The molecule has 1 saturated heterocycles. The third-order valence-corrected chi connectivity index (χ3v) is 4.70. The molecule has 0 unspecified atom stereocenters. The lowest BCUT2D eigenvalue weighted by molar-refractivity contribution is -0.139. The molecular formula is C19H21F3N4O2. The first-order valence-corrected chi connectivity index (χ1v) is 9.02. The molecule has 2 aromatic rings. The molecule has 1 aromatic heterocycles. The van der Waals surface area contributed by atoms with Crippen molar-refractivity contribution in [2.45, 2.75) is 32.1 Å². The zero-order valence-electron chi connectivity index (χ0n) is 15.2. The van der Waals surface area contributed by atoms with Crippen molar-refractivity contribution in [1.29, 1.82) is 0 Å². The lowest BCUT2D eigenvalue weighted by atomic mass is 9.96. The van der Waals surface area contributed by atoms with E-state index in [9.17, 15) is 22.8 Å². The van der Waals surface area contributed by atoms with Crippen LogP contribution in [0.4, 0.5) is 13.2 Å². The maximum Gasteiger partial charge on any atom is 0.416 e. The summed E-state index contributed by atoms with van der Waals surface area (Å²) in [5.74, 6) is -0.687. The smallest absolute Gasteiger partial charge is 0.354 e. The fourth-order valence-corrected chi connectivity index (χ4v) is 3.22. The maximum atomic E-state index is 12.9. The highest BCUT2D eigenvalue weighted by atomic mass is 19.4. The van der Waals surface area contributed by atoms with Gasteiger partial charge in [-0.2, -0.15) is 18.3 Å². The Balaban J connectivity index is 1.56. The molecule has 2 amide bonds. The monoisotopic (exact) mass is 394 g/mol. The molecular weight excluding hydrogens is 373 g/mol. The molecule has 0 saturated carbocycles. The van der Waals surface area contributed by atoms with Crippen molar-refractivity contribution in [2.75, 3.05) is 13.1 Å². The molecule has 9 heteroatoms. The molecule has 1 aliphatic heterocycles. The quantitative estimate of drug-likeness (QED) is 0.819. The molecule has 1 aromatic carbocycles. The van der Waals surface area contributed by atoms with Gasteiger partial charge in [0.15, 0.2) is 0 Å². The summed E-state index contributed by atoms with van der Waals surface area (Å²) < 4.78 is 40.3. The highest BCUT2D eigenvalue weighted by molar-refractivity contribution is 5.83. The number of nitrogens with zero attached hydrogens (tertiary/aromatic N) is 3. The van der Waals surface area contributed by atoms with Crippen LogP contribution in [0.3, 0.4) is 0 Å². The lowest BCUT2D eigenvalue weighted by Gasteiger charge is -2.32. The van der Waals surface area contributed by atoms with E-state index in [-0.39, 0.29) is 37.2 Å². The van der Waals surface area contributed by atoms with E-state index in [1.165, 1.54) is 11.0 Å². The summed E-state index contributed by atoms with van der Waals surface area (Å²) in [7, 11) is 0. The summed E-state index contributed by atoms with van der Waals surface area (Å²) >= 11 is 0. The minimum absolute atomic E-state index is 0.0554. The van der Waals surface area contributed by atoms with Crippen LogP contribution in [0.25, 0.3) is 0 Å². The lowest BCUT2D eigenvalue weighted by Crippen LogP contribution is -2.45. The van der Waals surface area contributed by atoms with E-state index in [1.807, 2.05) is 0 Å². The van der Waals surface area contributed by atoms with E-state index in [2.05, 4.69) is 10.4 Å². The van der Waals surface area contributed by atoms with Crippen LogP contribution in [-0.2, 0) is 28.9 Å². The summed E-state index contributed by atoms with van der Waals surface area (Å²) in [5.41, 5.74) is -0.356. The number of amides is 2. The minimum atomic E-state index is -4.43. The van der Waals surface area contributed by atoms with E-state index in [1.54, 1.807) is 29.2 Å². The molecule has 1 atom stereocenters. The molecule has 0 aliphatic carbocycles. The molecule has 0 spiro atoms. The minimum Gasteiger partial charge on any atom is -0.354 e. The van der Waals surface area contributed by atoms with Gasteiger partial charge in [-0.3, -0.25) is 14.3 Å². The predicted octanol–water partition coefficient (Wildman–Crippen LogP) is 2.46. The number of hydrogen-bond donors (Lipinski definition) is 1. The van der Waals surface area contributed by atoms with Crippen molar-refractivity contribution in [3.8, 4) is 0 Å². The average molecular weight is 394 g/mol. The highest BCUT2D eigenvalue weighted by Crippen LogP contribution is 2.30. The molecule has 1 aliphatic rings. The van der Waals surface area contributed by atoms with Crippen LogP contribution in [0, 0.1) is 5.92 Å². The van der Waals surface area contributed by atoms with Crippen molar-refractivity contribution in [3.63, 3.8) is 0 Å². The number of halogens is 3. The van der Waals surface area contributed by atoms with Crippen molar-refractivity contribution in [3.05, 3.63) is 53.9 Å². The molecule has 1 fully saturated rings. The Morgan fingerprint density at radius 2 is 2.11 bits per heavy atom. The average Bonchev–Trinajstić information content (AvgIpc) is 3.16. The van der Waals surface area contributed by atoms with Gasteiger partial charge in [0.1, 0.15) is 0 Å². The van der Waals surface area contributed by atoms with Gasteiger partial charge in [0, 0.05) is 38.4 Å². The second kappa shape index (κ2) is 8.45. The Labute approximate surface area is 160 Å². The molecule has 3 rings (SSSR count). The van der Waals surface area contributed by atoms with Gasteiger partial charge >= 0.3 is 6.18 Å². The molecule has 28 heavy (non-hydrogen) atoms. The highest BCUT2D eigenvalue weighted by Gasteiger charge is 2.32. The number of rotatable bonds is 6. The number of carbonyl (C=O) groups excluding carboxylic acids is 2. The van der Waals surface area contributed by atoms with Gasteiger partial charge in [0.05, 0.1) is 18.0 Å². The second-order valence-electron chi connectivity index (χ2n) is 6.77. The van der Waals surface area contributed by atoms with Gasteiger partial charge in [-0.05, 0) is 30.2 Å². The van der Waals surface area contributed by atoms with Crippen LogP contribution in [0.15, 0.2) is 42.7 Å². The van der Waals surface area contributed by atoms with Crippen molar-refractivity contribution >= 4 is 11.8 Å². The molecule has 2 heterocycles. The predicted molar refractivity (Wildman–Crippen MR) is 94.8 cm³/mol. The van der Waals surface area contributed by atoms with Crippen LogP contribution < -0.4 is 5.32 Å². The van der Waals surface area contributed by atoms with E-state index >= 15 is 0 Å². The van der Waals surface area contributed by atoms with Gasteiger partial charge in [0.2, 0.25) is 11.8 Å². The zero-order chi connectivity index (χ0) is 20.1. The van der Waals surface area contributed by atoms with Gasteiger partial charge in [-0.1, -0.05) is 12.1 Å². The number of alkyl halides is 3. The van der Waals surface area contributed by atoms with E-state index in [4.69, 9.17) is 0 Å². The Hall–Kier alpha value is -2.84. The van der Waals surface area contributed by atoms with Crippen molar-refractivity contribution in [2.24, 2.45) is 5.92 Å². The van der Waals surface area contributed by atoms with Crippen molar-refractivity contribution < 1.29 is 22.8 Å². The number of piperidine rings is 1. The zero-order valence-corrected chi connectivity index (χ0v) is 15.2. The van der Waals surface area contributed by atoms with E-state index < -0.39 is 11.7 Å². The first kappa shape index (κ1) is 19.9. The third-order valence-electron chi connectivity index (χ3n) is 4.70. The van der Waals surface area contributed by atoms with E-state index in [0.717, 1.165) is 12.1 Å². The summed E-state index contributed by atoms with van der Waals surface area (Å²) in [4.78, 5) is 26.0. The Kier molecular flexibility index (Phi) is 6.01. The van der Waals surface area contributed by atoms with E-state index in [0.29, 0.717) is 25.1 Å². The van der Waals surface area contributed by atoms with Crippen LogP contribution in [0.2, 0.25) is 0 Å². The molecule has 0 bridgehead atoms. The van der Waals surface area contributed by atoms with Crippen molar-refractivity contribution in [1.82, 2.24) is 20.0 Å². The van der Waals surface area contributed by atoms with Gasteiger partial charge in [-0.15, -0.1) is 0 Å². The summed E-state index contributed by atoms with van der Waals surface area (Å²) in [6, 6.07) is 6.71. The number of aromatic nitrogens is 2. The molecule has 1 N–H and O–H groups in total. The maximum absolute atomic E-state index is 12.9. The SMILES string of the molecule is O=C(NCCn1cccn1)[C@@H]1CCC(=O)N(Cc2cccc(C(F)(F)F)c2)C1. The van der Waals surface area contributed by atoms with Crippen LogP contribution in [0.5, 0.6) is 0 Å². The number of nitrogens with one attached hydrogen (secondary N) is 1. The molecule has 0 radical (unpaired) electrons. The topological polar surface area (TPSA) is 67.2 Å². The number of carbonyl (C=O) groups is 2. The van der Waals surface area contributed by atoms with Gasteiger partial charge in [0.25, 0.3) is 0 Å². The summed E-state index contributed by atoms with van der Waals surface area (Å²) in [5, 5.41) is 6.88. The standard InChI is InChI=1S/C19H21F3N4O2/c20-19(21,22)16-4-1-3-14(11-16)12-25-13-15(5-6-17(25)27)18(28)23-8-10-26-9-2-7-24-26/h1-4,7,9,11,15H,5-6,8,10,12-13H2,(H,23,28)/t15-/m1/s1. The number of benzene rings is 1. The summed E-state index contributed by atoms with van der Waals surface area (Å²) in [6.45, 7) is 1.21. The number of likely N-dealkylation sites (tertiary alicyclic amines) is 1. The fourth-order valence-electron chi connectivity index (χ4n) is 3.22.